The van der Waals surface area contributed by atoms with E-state index in [1.165, 1.54) is 0 Å². The van der Waals surface area contributed by atoms with Crippen LogP contribution in [0.15, 0.2) is 60.8 Å². The third kappa shape index (κ3) is 4.51. The zero-order valence-corrected chi connectivity index (χ0v) is 18.5. The van der Waals surface area contributed by atoms with Gasteiger partial charge in [-0.3, -0.25) is 9.78 Å². The number of fused-ring (bicyclic) bond motifs is 3. The van der Waals surface area contributed by atoms with E-state index in [-0.39, 0.29) is 12.4 Å². The number of hydrogen-bond donors (Lipinski definition) is 1. The molecule has 2 aromatic heterocycles. The van der Waals surface area contributed by atoms with E-state index >= 15 is 0 Å². The van der Waals surface area contributed by atoms with E-state index in [2.05, 4.69) is 9.97 Å². The van der Waals surface area contributed by atoms with Crippen LogP contribution in [0.4, 0.5) is 8.78 Å². The lowest BCUT2D eigenvalue weighted by Gasteiger charge is -2.19. The normalized spacial score (nSPS) is 14.6. The molecule has 9 heteroatoms. The van der Waals surface area contributed by atoms with Crippen LogP contribution in [-0.2, 0) is 17.8 Å². The average Bonchev–Trinajstić information content (AvgIpc) is 2.99. The van der Waals surface area contributed by atoms with E-state index in [1.54, 1.807) is 24.4 Å². The second-order valence-electron chi connectivity index (χ2n) is 7.67. The highest BCUT2D eigenvalue weighted by Crippen LogP contribution is 2.43. The van der Waals surface area contributed by atoms with Gasteiger partial charge in [0.25, 0.3) is 0 Å². The Labute approximate surface area is 197 Å². The standard InChI is InChI=1S/C25H18F2N2O4S/c26-18-10-14-6-7-17(29-20(14)11-19(18)27)12-32-21-5-1-3-16-9-15-4-2-8-28-23(15)25(33-24(16)21)34-13-22(30)31/h1-8,10-11,25H,9,12-13H2,(H,30,31). The first-order chi connectivity index (χ1) is 16.5. The summed E-state index contributed by atoms with van der Waals surface area (Å²) < 4.78 is 39.3. The van der Waals surface area contributed by atoms with Crippen molar-refractivity contribution in [2.45, 2.75) is 18.5 Å². The van der Waals surface area contributed by atoms with E-state index < -0.39 is 23.0 Å². The van der Waals surface area contributed by atoms with Crippen molar-refractivity contribution in [3.63, 3.8) is 0 Å². The fourth-order valence-corrected chi connectivity index (χ4v) is 4.61. The number of rotatable bonds is 6. The number of carboxylic acids is 1. The number of aliphatic carboxylic acids is 1. The van der Waals surface area contributed by atoms with E-state index in [1.807, 2.05) is 24.3 Å². The van der Waals surface area contributed by atoms with E-state index in [0.29, 0.717) is 40.2 Å². The molecule has 0 amide bonds. The highest BCUT2D eigenvalue weighted by Gasteiger charge is 2.27. The second-order valence-corrected chi connectivity index (χ2v) is 8.72. The maximum absolute atomic E-state index is 13.6. The molecular formula is C25H18F2N2O4S. The van der Waals surface area contributed by atoms with Crippen molar-refractivity contribution in [1.29, 1.82) is 0 Å². The Hall–Kier alpha value is -3.72. The molecule has 4 aromatic rings. The van der Waals surface area contributed by atoms with E-state index in [0.717, 1.165) is 35.0 Å². The van der Waals surface area contributed by atoms with E-state index in [4.69, 9.17) is 14.6 Å². The highest BCUT2D eigenvalue weighted by atomic mass is 32.2. The summed E-state index contributed by atoms with van der Waals surface area (Å²) >= 11 is 1.13. The van der Waals surface area contributed by atoms with Crippen LogP contribution in [0.3, 0.4) is 0 Å². The maximum Gasteiger partial charge on any atom is 0.313 e. The molecule has 0 radical (unpaired) electrons. The average molecular weight is 480 g/mol. The van der Waals surface area contributed by atoms with Gasteiger partial charge < -0.3 is 14.6 Å². The van der Waals surface area contributed by atoms with Crippen molar-refractivity contribution < 1.29 is 28.2 Å². The molecule has 1 unspecified atom stereocenters. The Morgan fingerprint density at radius 1 is 1.12 bits per heavy atom. The Morgan fingerprint density at radius 3 is 2.79 bits per heavy atom. The summed E-state index contributed by atoms with van der Waals surface area (Å²) in [7, 11) is 0. The fraction of sp³-hybridized carbons (Fsp3) is 0.160. The van der Waals surface area contributed by atoms with Crippen LogP contribution in [0, 0.1) is 11.6 Å². The largest absolute Gasteiger partial charge is 0.483 e. The summed E-state index contributed by atoms with van der Waals surface area (Å²) in [5.41, 5.74) is 2.76. The molecule has 0 bridgehead atoms. The van der Waals surface area contributed by atoms with Gasteiger partial charge >= 0.3 is 5.97 Å². The zero-order chi connectivity index (χ0) is 23.7. The number of pyridine rings is 2. The number of carboxylic acid groups (broad SMARTS) is 1. The lowest BCUT2D eigenvalue weighted by atomic mass is 10.0. The highest BCUT2D eigenvalue weighted by molar-refractivity contribution is 8.00. The SMILES string of the molecule is O=C(O)CSC1Oc2c(cccc2OCc2ccc3cc(F)c(F)cc3n2)Cc2cccnc21. The van der Waals surface area contributed by atoms with Crippen LogP contribution < -0.4 is 9.47 Å². The molecule has 6 nitrogen and oxygen atoms in total. The number of benzene rings is 2. The number of carbonyl (C=O) groups is 1. The summed E-state index contributed by atoms with van der Waals surface area (Å²) in [5.74, 6) is -1.99. The molecule has 0 spiro atoms. The van der Waals surface area contributed by atoms with Crippen LogP contribution in [0.5, 0.6) is 11.5 Å². The molecule has 5 rings (SSSR count). The Bertz CT molecular complexity index is 1400. The number of ether oxygens (including phenoxy) is 2. The lowest BCUT2D eigenvalue weighted by Crippen LogP contribution is -2.11. The molecule has 0 aliphatic carbocycles. The number of thioether (sulfide) groups is 1. The molecule has 172 valence electrons. The fourth-order valence-electron chi connectivity index (χ4n) is 3.78. The molecule has 1 atom stereocenters. The van der Waals surface area contributed by atoms with Crippen LogP contribution in [0.2, 0.25) is 0 Å². The molecule has 1 aliphatic heterocycles. The van der Waals surface area contributed by atoms with Crippen molar-refractivity contribution in [2.24, 2.45) is 0 Å². The molecule has 2 aromatic carbocycles. The summed E-state index contributed by atoms with van der Waals surface area (Å²) in [6.07, 6.45) is 2.21. The van der Waals surface area contributed by atoms with Gasteiger partial charge in [-0.1, -0.05) is 36.0 Å². The molecular weight excluding hydrogens is 462 g/mol. The van der Waals surface area contributed by atoms with Gasteiger partial charge in [0.2, 0.25) is 0 Å². The monoisotopic (exact) mass is 480 g/mol. The summed E-state index contributed by atoms with van der Waals surface area (Å²) in [4.78, 5) is 20.0. The van der Waals surface area contributed by atoms with Gasteiger partial charge in [-0.05, 0) is 29.8 Å². The molecule has 0 saturated carbocycles. The van der Waals surface area contributed by atoms with Crippen LogP contribution in [0.25, 0.3) is 10.9 Å². The van der Waals surface area contributed by atoms with Crippen molar-refractivity contribution in [2.75, 3.05) is 5.75 Å². The Balaban J connectivity index is 1.43. The molecule has 1 N–H and O–H groups in total. The number of nitrogens with zero attached hydrogens (tertiary/aromatic N) is 2. The predicted molar refractivity (Wildman–Crippen MR) is 123 cm³/mol. The number of aromatic nitrogens is 2. The number of hydrogen-bond acceptors (Lipinski definition) is 6. The van der Waals surface area contributed by atoms with Crippen molar-refractivity contribution >= 4 is 28.6 Å². The quantitative estimate of drug-likeness (QED) is 0.402. The van der Waals surface area contributed by atoms with Crippen LogP contribution in [-0.4, -0.2) is 26.8 Å². The van der Waals surface area contributed by atoms with Gasteiger partial charge in [0, 0.05) is 29.6 Å². The van der Waals surface area contributed by atoms with Gasteiger partial charge in [-0.15, -0.1) is 0 Å². The lowest BCUT2D eigenvalue weighted by molar-refractivity contribution is -0.133. The van der Waals surface area contributed by atoms with Gasteiger partial charge in [0.15, 0.2) is 28.6 Å². The van der Waals surface area contributed by atoms with Gasteiger partial charge in [0.05, 0.1) is 22.7 Å². The smallest absolute Gasteiger partial charge is 0.313 e. The maximum atomic E-state index is 13.6. The topological polar surface area (TPSA) is 81.5 Å². The number of para-hydroxylation sites is 1. The van der Waals surface area contributed by atoms with Crippen molar-refractivity contribution in [1.82, 2.24) is 9.97 Å². The minimum atomic E-state index is -0.960. The first-order valence-corrected chi connectivity index (χ1v) is 11.5. The first kappa shape index (κ1) is 22.1. The summed E-state index contributed by atoms with van der Waals surface area (Å²) in [6.45, 7) is 0.0763. The van der Waals surface area contributed by atoms with Gasteiger partial charge in [-0.2, -0.15) is 0 Å². The van der Waals surface area contributed by atoms with E-state index in [9.17, 15) is 13.6 Å². The van der Waals surface area contributed by atoms with Gasteiger partial charge in [0.1, 0.15) is 6.61 Å². The Kier molecular flexibility index (Phi) is 6.02. The first-order valence-electron chi connectivity index (χ1n) is 10.4. The van der Waals surface area contributed by atoms with Crippen molar-refractivity contribution in [3.05, 3.63) is 94.9 Å². The van der Waals surface area contributed by atoms with Crippen LogP contribution >= 0.6 is 11.8 Å². The molecule has 0 saturated heterocycles. The third-order valence-electron chi connectivity index (χ3n) is 5.34. The van der Waals surface area contributed by atoms with Crippen LogP contribution in [0.1, 0.15) is 28.0 Å². The molecule has 1 aliphatic rings. The minimum absolute atomic E-state index is 0.0763. The van der Waals surface area contributed by atoms with Crippen molar-refractivity contribution in [3.8, 4) is 11.5 Å². The predicted octanol–water partition coefficient (Wildman–Crippen LogP) is 5.29. The molecule has 0 fully saturated rings. The molecule has 3 heterocycles. The molecule has 34 heavy (non-hydrogen) atoms. The second kappa shape index (κ2) is 9.26. The minimum Gasteiger partial charge on any atom is -0.483 e. The van der Waals surface area contributed by atoms with Gasteiger partial charge in [-0.25, -0.2) is 13.8 Å². The summed E-state index contributed by atoms with van der Waals surface area (Å²) in [5, 5.41) is 9.65. The Morgan fingerprint density at radius 2 is 1.94 bits per heavy atom. The zero-order valence-electron chi connectivity index (χ0n) is 17.7. The number of halogens is 2. The third-order valence-corrected chi connectivity index (χ3v) is 6.37. The summed E-state index contributed by atoms with van der Waals surface area (Å²) in [6, 6.07) is 14.8.